The van der Waals surface area contributed by atoms with Crippen LogP contribution >= 0.6 is 0 Å². The number of aromatic hydroxyl groups is 9. The number of aliphatic hydroxyl groups is 2. The van der Waals surface area contributed by atoms with Gasteiger partial charge in [0.05, 0.1) is 16.7 Å². The average Bonchev–Trinajstić information content (AvgIpc) is 2.99. The van der Waals surface area contributed by atoms with Gasteiger partial charge >= 0.3 is 23.9 Å². The molecule has 3 aromatic rings. The van der Waals surface area contributed by atoms with Crippen LogP contribution in [-0.4, -0.2) is 111 Å². The van der Waals surface area contributed by atoms with Crippen molar-refractivity contribution in [3.05, 3.63) is 53.1 Å². The maximum absolute atomic E-state index is 16.1. The SMILES string of the molecule is O=C(OC[C@H]1O[C@](F)(OC(=O)c2cc(O)c(O)c(O)c2)[C@H](O)[C@@H](OC(=O)c2cc(O)c(O)c(O)c2)[C@@H]1O)c1cc(O)c(O)c(O)c1. The van der Waals surface area contributed by atoms with Gasteiger partial charge < -0.3 is 75.1 Å². The summed E-state index contributed by atoms with van der Waals surface area (Å²) < 4.78 is 35.5. The number of ether oxygens (including phenoxy) is 4. The van der Waals surface area contributed by atoms with Crippen molar-refractivity contribution in [2.45, 2.75) is 30.5 Å². The van der Waals surface area contributed by atoms with Gasteiger partial charge in [0.15, 0.2) is 64.0 Å². The quantitative estimate of drug-likeness (QED) is 0.0908. The molecule has 5 atom stereocenters. The fourth-order valence-electron chi connectivity index (χ4n) is 4.08. The number of halogens is 1. The second kappa shape index (κ2) is 12.2. The molecular weight excluding hydrogens is 631 g/mol. The lowest BCUT2D eigenvalue weighted by Crippen LogP contribution is -2.65. The smallest absolute Gasteiger partial charge is 0.396 e. The van der Waals surface area contributed by atoms with E-state index in [0.717, 1.165) is 0 Å². The molecule has 4 rings (SSSR count). The van der Waals surface area contributed by atoms with Crippen LogP contribution in [0.1, 0.15) is 31.1 Å². The van der Waals surface area contributed by atoms with E-state index in [9.17, 15) is 70.6 Å². The lowest BCUT2D eigenvalue weighted by molar-refractivity contribution is -0.398. The molecule has 0 saturated carbocycles. The molecule has 1 fully saturated rings. The average molecular weight is 654 g/mol. The van der Waals surface area contributed by atoms with Crippen molar-refractivity contribution in [1.82, 2.24) is 0 Å². The summed E-state index contributed by atoms with van der Waals surface area (Å²) in [6.45, 7) is -1.17. The molecule has 1 aliphatic rings. The Morgan fingerprint density at radius 2 is 1.02 bits per heavy atom. The van der Waals surface area contributed by atoms with E-state index in [4.69, 9.17) is 14.2 Å². The van der Waals surface area contributed by atoms with Crippen LogP contribution in [0.15, 0.2) is 36.4 Å². The molecule has 18 nitrogen and oxygen atoms in total. The summed E-state index contributed by atoms with van der Waals surface area (Å²) in [5, 5.41) is 108. The lowest BCUT2D eigenvalue weighted by atomic mass is 9.97. The first-order chi connectivity index (χ1) is 21.4. The second-order valence-electron chi connectivity index (χ2n) is 9.62. The van der Waals surface area contributed by atoms with Crippen molar-refractivity contribution in [2.75, 3.05) is 6.61 Å². The standard InChI is InChI=1S/C27H23FO18/c28-27(46-26(42)10-5-15(33)20(37)16(34)6-10)23(39)22(44-25(41)9-3-13(31)19(36)14(32)4-9)21(38)17(45-27)7-43-24(40)8-1-11(29)18(35)12(30)2-8/h1-6,17,21-23,29-39H,7H2/t17-,21-,22+,23-,27+/m1/s1. The van der Waals surface area contributed by atoms with Crippen molar-refractivity contribution >= 4 is 17.9 Å². The summed E-state index contributed by atoms with van der Waals surface area (Å²) in [7, 11) is 0. The van der Waals surface area contributed by atoms with Gasteiger partial charge in [0, 0.05) is 0 Å². The first-order valence-corrected chi connectivity index (χ1v) is 12.5. The minimum Gasteiger partial charge on any atom is -0.504 e. The van der Waals surface area contributed by atoms with Crippen LogP contribution in [0.5, 0.6) is 51.7 Å². The molecule has 11 N–H and O–H groups in total. The van der Waals surface area contributed by atoms with Crippen LogP contribution in [0.3, 0.4) is 0 Å². The van der Waals surface area contributed by atoms with Gasteiger partial charge in [-0.25, -0.2) is 14.4 Å². The summed E-state index contributed by atoms with van der Waals surface area (Å²) in [5.74, 6) is -13.8. The number of esters is 3. The largest absolute Gasteiger partial charge is 0.504 e. The minimum atomic E-state index is -4.07. The summed E-state index contributed by atoms with van der Waals surface area (Å²) >= 11 is 0. The normalized spacial score (nSPS) is 22.5. The van der Waals surface area contributed by atoms with Gasteiger partial charge in [-0.05, 0) is 36.4 Å². The molecule has 46 heavy (non-hydrogen) atoms. The van der Waals surface area contributed by atoms with E-state index >= 15 is 4.39 Å². The van der Waals surface area contributed by atoms with Crippen LogP contribution in [0.25, 0.3) is 0 Å². The van der Waals surface area contributed by atoms with Crippen molar-refractivity contribution in [1.29, 1.82) is 0 Å². The highest BCUT2D eigenvalue weighted by Gasteiger charge is 2.60. The van der Waals surface area contributed by atoms with E-state index in [2.05, 4.69) is 4.74 Å². The predicted octanol–water partition coefficient (Wildman–Crippen LogP) is 0.0203. The number of carbonyl (C=O) groups excluding carboxylic acids is 3. The summed E-state index contributed by atoms with van der Waals surface area (Å²) in [6, 6.07) is -0.531. The van der Waals surface area contributed by atoms with Gasteiger partial charge in [0.2, 0.25) is 0 Å². The molecule has 1 heterocycles. The third-order valence-electron chi connectivity index (χ3n) is 6.46. The van der Waals surface area contributed by atoms with E-state index in [1.54, 1.807) is 0 Å². The van der Waals surface area contributed by atoms with Crippen LogP contribution < -0.4 is 0 Å². The van der Waals surface area contributed by atoms with Crippen molar-refractivity contribution in [3.63, 3.8) is 0 Å². The Balaban J connectivity index is 1.64. The lowest BCUT2D eigenvalue weighted by Gasteiger charge is -2.43. The van der Waals surface area contributed by atoms with Crippen molar-refractivity contribution < 1.29 is 93.9 Å². The zero-order valence-electron chi connectivity index (χ0n) is 22.6. The molecular formula is C27H23FO18. The molecule has 0 amide bonds. The fourth-order valence-corrected chi connectivity index (χ4v) is 4.08. The van der Waals surface area contributed by atoms with Crippen molar-refractivity contribution in [3.8, 4) is 51.7 Å². The van der Waals surface area contributed by atoms with Gasteiger partial charge in [-0.1, -0.05) is 0 Å². The van der Waals surface area contributed by atoms with E-state index in [-0.39, 0.29) is 0 Å². The van der Waals surface area contributed by atoms with Crippen LogP contribution in [0.2, 0.25) is 0 Å². The van der Waals surface area contributed by atoms with Gasteiger partial charge in [-0.3, -0.25) is 0 Å². The molecule has 0 radical (unpaired) electrons. The maximum Gasteiger partial charge on any atom is 0.396 e. The maximum atomic E-state index is 16.1. The monoisotopic (exact) mass is 654 g/mol. The van der Waals surface area contributed by atoms with E-state index < -0.39 is 123 Å². The Hall–Kier alpha value is -5.92. The third kappa shape index (κ3) is 6.31. The van der Waals surface area contributed by atoms with Crippen LogP contribution in [0, 0.1) is 0 Å². The number of aliphatic hydroxyl groups excluding tert-OH is 2. The third-order valence-corrected chi connectivity index (χ3v) is 6.46. The molecule has 19 heteroatoms. The van der Waals surface area contributed by atoms with E-state index in [1.807, 2.05) is 0 Å². The Kier molecular flexibility index (Phi) is 8.77. The highest BCUT2D eigenvalue weighted by Crippen LogP contribution is 2.40. The number of carbonyl (C=O) groups is 3. The number of alkyl halides is 1. The summed E-state index contributed by atoms with van der Waals surface area (Å²) in [4.78, 5) is 38.0. The molecule has 1 aliphatic heterocycles. The molecule has 0 aromatic heterocycles. The summed E-state index contributed by atoms with van der Waals surface area (Å²) in [6.07, 6.45) is -9.83. The van der Waals surface area contributed by atoms with Crippen molar-refractivity contribution in [2.24, 2.45) is 0 Å². The van der Waals surface area contributed by atoms with Gasteiger partial charge in [0.1, 0.15) is 18.8 Å². The number of rotatable bonds is 7. The van der Waals surface area contributed by atoms with Gasteiger partial charge in [0.25, 0.3) is 0 Å². The highest BCUT2D eigenvalue weighted by molar-refractivity contribution is 5.92. The first kappa shape index (κ1) is 33.0. The Morgan fingerprint density at radius 1 is 0.652 bits per heavy atom. The minimum absolute atomic E-state index is 0.522. The van der Waals surface area contributed by atoms with Crippen LogP contribution in [-0.2, 0) is 18.9 Å². The fraction of sp³-hybridized carbons (Fsp3) is 0.222. The number of hydrogen-bond donors (Lipinski definition) is 11. The topological polar surface area (TPSA) is 311 Å². The molecule has 0 unspecified atom stereocenters. The Bertz CT molecular complexity index is 1640. The Labute approximate surface area is 254 Å². The zero-order chi connectivity index (χ0) is 34.2. The molecule has 0 spiro atoms. The number of benzene rings is 3. The van der Waals surface area contributed by atoms with Crippen LogP contribution in [0.4, 0.5) is 4.39 Å². The van der Waals surface area contributed by atoms with E-state index in [0.29, 0.717) is 36.4 Å². The second-order valence-corrected chi connectivity index (χ2v) is 9.62. The first-order valence-electron chi connectivity index (χ1n) is 12.5. The van der Waals surface area contributed by atoms with E-state index in [1.165, 1.54) is 0 Å². The van der Waals surface area contributed by atoms with Gasteiger partial charge in [-0.2, -0.15) is 4.39 Å². The number of phenolic OH excluding ortho intramolecular Hbond substituents is 9. The molecule has 0 aliphatic carbocycles. The molecule has 246 valence electrons. The predicted molar refractivity (Wildman–Crippen MR) is 140 cm³/mol. The number of phenols is 9. The van der Waals surface area contributed by atoms with Gasteiger partial charge in [-0.15, -0.1) is 0 Å². The molecule has 1 saturated heterocycles. The summed E-state index contributed by atoms with van der Waals surface area (Å²) in [5.41, 5.74) is -2.09. The number of hydrogen-bond acceptors (Lipinski definition) is 18. The highest BCUT2D eigenvalue weighted by atomic mass is 19.2. The molecule has 0 bridgehead atoms. The Morgan fingerprint density at radius 3 is 1.43 bits per heavy atom. The zero-order valence-corrected chi connectivity index (χ0v) is 22.6. The molecule has 3 aromatic carbocycles.